The number of carboxylic acid groups (broad SMARTS) is 2. The van der Waals surface area contributed by atoms with E-state index in [4.69, 9.17) is 10.2 Å². The fourth-order valence-corrected chi connectivity index (χ4v) is 2.14. The number of rotatable bonds is 4. The Morgan fingerprint density at radius 3 is 2.32 bits per heavy atom. The zero-order chi connectivity index (χ0) is 16.4. The first-order valence-corrected chi connectivity index (χ1v) is 7.11. The average molecular weight is 306 g/mol. The van der Waals surface area contributed by atoms with Gasteiger partial charge in [-0.1, -0.05) is 30.3 Å². The molecule has 1 unspecified atom stereocenters. The van der Waals surface area contributed by atoms with Gasteiger partial charge in [0.05, 0.1) is 0 Å². The molecule has 2 rings (SSSR count). The van der Waals surface area contributed by atoms with Gasteiger partial charge in [-0.25, -0.2) is 9.59 Å². The Bertz CT molecular complexity index is 486. The van der Waals surface area contributed by atoms with Gasteiger partial charge in [-0.05, 0) is 12.5 Å². The van der Waals surface area contributed by atoms with Crippen LogP contribution in [0.4, 0.5) is 0 Å². The van der Waals surface area contributed by atoms with Crippen molar-refractivity contribution in [3.63, 3.8) is 0 Å². The summed E-state index contributed by atoms with van der Waals surface area (Å²) in [6.07, 6.45) is 1.12. The molecule has 0 radical (unpaired) electrons. The largest absolute Gasteiger partial charge is 0.478 e. The molecule has 0 bridgehead atoms. The molecule has 1 aliphatic rings. The molecule has 1 saturated heterocycles. The molecule has 0 amide bonds. The van der Waals surface area contributed by atoms with E-state index in [0.717, 1.165) is 19.6 Å². The molecular formula is C16H22N2O4. The Labute approximate surface area is 130 Å². The number of aliphatic carboxylic acids is 2. The summed E-state index contributed by atoms with van der Waals surface area (Å²) in [6, 6.07) is 11.3. The molecule has 0 saturated carbocycles. The van der Waals surface area contributed by atoms with Gasteiger partial charge < -0.3 is 15.5 Å². The second-order valence-corrected chi connectivity index (χ2v) is 5.09. The summed E-state index contributed by atoms with van der Waals surface area (Å²) in [6.45, 7) is 6.78. The summed E-state index contributed by atoms with van der Waals surface area (Å²) in [7, 11) is 0. The van der Waals surface area contributed by atoms with Crippen molar-refractivity contribution in [3.8, 4) is 0 Å². The first-order valence-electron chi connectivity index (χ1n) is 7.11. The quantitative estimate of drug-likeness (QED) is 0.724. The number of piperazine rings is 1. The molecule has 0 aromatic heterocycles. The maximum absolute atomic E-state index is 9.55. The van der Waals surface area contributed by atoms with E-state index in [9.17, 15) is 9.59 Å². The summed E-state index contributed by atoms with van der Waals surface area (Å²) in [5.41, 5.74) is 1.42. The van der Waals surface area contributed by atoms with E-state index >= 15 is 0 Å². The molecule has 1 aromatic carbocycles. The highest BCUT2D eigenvalue weighted by Gasteiger charge is 2.14. The van der Waals surface area contributed by atoms with Gasteiger partial charge in [-0.3, -0.25) is 4.90 Å². The van der Waals surface area contributed by atoms with Crippen LogP contribution in [-0.2, 0) is 16.1 Å². The lowest BCUT2D eigenvalue weighted by Gasteiger charge is -2.31. The molecule has 1 aliphatic heterocycles. The molecule has 22 heavy (non-hydrogen) atoms. The Morgan fingerprint density at radius 1 is 1.23 bits per heavy atom. The number of nitrogens with zero attached hydrogens (tertiary/aromatic N) is 1. The third-order valence-corrected chi connectivity index (χ3v) is 3.07. The van der Waals surface area contributed by atoms with E-state index < -0.39 is 11.9 Å². The minimum absolute atomic E-state index is 0.558. The minimum atomic E-state index is -1.26. The number of nitrogens with one attached hydrogen (secondary N) is 1. The van der Waals surface area contributed by atoms with Gasteiger partial charge in [0, 0.05) is 44.4 Å². The van der Waals surface area contributed by atoms with Crippen LogP contribution >= 0.6 is 0 Å². The van der Waals surface area contributed by atoms with Crippen molar-refractivity contribution in [1.29, 1.82) is 0 Å². The van der Waals surface area contributed by atoms with E-state index in [-0.39, 0.29) is 0 Å². The van der Waals surface area contributed by atoms with Crippen LogP contribution in [0.25, 0.3) is 0 Å². The first kappa shape index (κ1) is 17.9. The number of benzene rings is 1. The number of carboxylic acids is 2. The van der Waals surface area contributed by atoms with Gasteiger partial charge in [-0.2, -0.15) is 0 Å². The predicted molar refractivity (Wildman–Crippen MR) is 83.6 cm³/mol. The van der Waals surface area contributed by atoms with Crippen LogP contribution in [-0.4, -0.2) is 52.7 Å². The smallest absolute Gasteiger partial charge is 0.328 e. The van der Waals surface area contributed by atoms with E-state index in [1.54, 1.807) is 0 Å². The van der Waals surface area contributed by atoms with E-state index in [1.807, 2.05) is 0 Å². The van der Waals surface area contributed by atoms with E-state index in [1.165, 1.54) is 12.1 Å². The third-order valence-electron chi connectivity index (χ3n) is 3.07. The van der Waals surface area contributed by atoms with Crippen molar-refractivity contribution in [2.75, 3.05) is 19.6 Å². The van der Waals surface area contributed by atoms with E-state index in [0.29, 0.717) is 18.2 Å². The summed E-state index contributed by atoms with van der Waals surface area (Å²) in [5.74, 6) is -2.51. The van der Waals surface area contributed by atoms with Gasteiger partial charge >= 0.3 is 11.9 Å². The van der Waals surface area contributed by atoms with Crippen molar-refractivity contribution in [2.24, 2.45) is 0 Å². The normalized spacial score (nSPS) is 18.5. The van der Waals surface area contributed by atoms with Crippen LogP contribution in [0.3, 0.4) is 0 Å². The Morgan fingerprint density at radius 2 is 1.82 bits per heavy atom. The molecule has 1 aromatic rings. The van der Waals surface area contributed by atoms with Gasteiger partial charge in [-0.15, -0.1) is 0 Å². The summed E-state index contributed by atoms with van der Waals surface area (Å²) >= 11 is 0. The van der Waals surface area contributed by atoms with Crippen molar-refractivity contribution < 1.29 is 19.8 Å². The summed E-state index contributed by atoms with van der Waals surface area (Å²) in [5, 5.41) is 19.1. The predicted octanol–water partition coefficient (Wildman–Crippen LogP) is 1.19. The average Bonchev–Trinajstić information content (AvgIpc) is 2.47. The molecule has 6 heteroatoms. The van der Waals surface area contributed by atoms with Crippen molar-refractivity contribution in [3.05, 3.63) is 48.0 Å². The molecule has 3 N–H and O–H groups in total. The minimum Gasteiger partial charge on any atom is -0.478 e. The Balaban J connectivity index is 0.000000261. The maximum Gasteiger partial charge on any atom is 0.328 e. The molecule has 1 atom stereocenters. The molecule has 6 nitrogen and oxygen atoms in total. The fraction of sp³-hybridized carbons (Fsp3) is 0.375. The highest BCUT2D eigenvalue weighted by atomic mass is 16.4. The first-order chi connectivity index (χ1) is 10.5. The molecular weight excluding hydrogens is 284 g/mol. The summed E-state index contributed by atoms with van der Waals surface area (Å²) in [4.78, 5) is 21.6. The van der Waals surface area contributed by atoms with Crippen molar-refractivity contribution in [1.82, 2.24) is 10.2 Å². The van der Waals surface area contributed by atoms with Gasteiger partial charge in [0.2, 0.25) is 0 Å². The molecule has 120 valence electrons. The van der Waals surface area contributed by atoms with Gasteiger partial charge in [0.1, 0.15) is 0 Å². The van der Waals surface area contributed by atoms with Crippen LogP contribution in [0.15, 0.2) is 42.5 Å². The molecule has 0 aliphatic carbocycles. The lowest BCUT2D eigenvalue weighted by molar-refractivity contribution is -0.134. The number of carbonyl (C=O) groups is 2. The standard InChI is InChI=1S/C12H18N2.C4H4O4/c1-11-9-14(8-7-13-11)10-12-5-3-2-4-6-12;5-3(6)1-2-4(7)8/h2-6,11,13H,7-10H2,1H3;1-2H,(H,5,6)(H,7,8)/b;2-1+. The Kier molecular flexibility index (Phi) is 7.88. The zero-order valence-electron chi connectivity index (χ0n) is 12.6. The SMILES string of the molecule is CC1CN(Cc2ccccc2)CCN1.O=C(O)/C=C/C(=O)O. The second kappa shape index (κ2) is 9.70. The van der Waals surface area contributed by atoms with E-state index in [2.05, 4.69) is 47.5 Å². The summed E-state index contributed by atoms with van der Waals surface area (Å²) < 4.78 is 0. The van der Waals surface area contributed by atoms with Crippen LogP contribution in [0, 0.1) is 0 Å². The zero-order valence-corrected chi connectivity index (χ0v) is 12.6. The highest BCUT2D eigenvalue weighted by Crippen LogP contribution is 2.06. The van der Waals surface area contributed by atoms with Crippen LogP contribution in [0.1, 0.15) is 12.5 Å². The molecule has 0 spiro atoms. The highest BCUT2D eigenvalue weighted by molar-refractivity contribution is 5.89. The Hall–Kier alpha value is -2.18. The van der Waals surface area contributed by atoms with Gasteiger partial charge in [0.25, 0.3) is 0 Å². The van der Waals surface area contributed by atoms with Crippen LogP contribution in [0.2, 0.25) is 0 Å². The second-order valence-electron chi connectivity index (χ2n) is 5.09. The third kappa shape index (κ3) is 8.18. The lowest BCUT2D eigenvalue weighted by atomic mass is 10.2. The monoisotopic (exact) mass is 306 g/mol. The van der Waals surface area contributed by atoms with Crippen molar-refractivity contribution >= 4 is 11.9 Å². The lowest BCUT2D eigenvalue weighted by Crippen LogP contribution is -2.48. The maximum atomic E-state index is 9.55. The van der Waals surface area contributed by atoms with Crippen LogP contribution in [0.5, 0.6) is 0 Å². The van der Waals surface area contributed by atoms with Crippen LogP contribution < -0.4 is 5.32 Å². The van der Waals surface area contributed by atoms with Gasteiger partial charge in [0.15, 0.2) is 0 Å². The number of hydrogen-bond donors (Lipinski definition) is 3. The topological polar surface area (TPSA) is 89.9 Å². The fourth-order valence-electron chi connectivity index (χ4n) is 2.14. The number of hydrogen-bond acceptors (Lipinski definition) is 4. The van der Waals surface area contributed by atoms with Crippen molar-refractivity contribution in [2.45, 2.75) is 19.5 Å². The molecule has 1 fully saturated rings. The molecule has 1 heterocycles.